The highest BCUT2D eigenvalue weighted by molar-refractivity contribution is 7.99. The third-order valence-electron chi connectivity index (χ3n) is 12.3. The van der Waals surface area contributed by atoms with Gasteiger partial charge in [-0.25, -0.2) is 15.0 Å². The zero-order valence-electron chi connectivity index (χ0n) is 34.7. The van der Waals surface area contributed by atoms with Crippen LogP contribution in [-0.2, 0) is 5.41 Å². The van der Waals surface area contributed by atoms with Gasteiger partial charge >= 0.3 is 0 Å². The molecule has 3 nitrogen and oxygen atoms in total. The predicted octanol–water partition coefficient (Wildman–Crippen LogP) is 15.0. The van der Waals surface area contributed by atoms with E-state index in [1.54, 1.807) is 0 Å². The third kappa shape index (κ3) is 6.59. The number of nitrogens with zero attached hydrogens (tertiary/aromatic N) is 3. The molecule has 0 radical (unpaired) electrons. The molecule has 2 aliphatic rings. The Labute approximate surface area is 373 Å². The van der Waals surface area contributed by atoms with Crippen molar-refractivity contribution in [3.8, 4) is 56.2 Å². The average Bonchev–Trinajstić information content (AvgIpc) is 3.64. The fraction of sp³-hybridized carbons (Fsp3) is 0.0339. The van der Waals surface area contributed by atoms with Gasteiger partial charge in [0.05, 0.1) is 5.41 Å². The first kappa shape index (κ1) is 38.3. The van der Waals surface area contributed by atoms with Crippen molar-refractivity contribution in [3.63, 3.8) is 0 Å². The van der Waals surface area contributed by atoms with Crippen LogP contribution in [0.1, 0.15) is 40.6 Å². The van der Waals surface area contributed by atoms with Crippen molar-refractivity contribution in [1.82, 2.24) is 15.0 Å². The highest BCUT2D eigenvalue weighted by Gasteiger charge is 2.50. The first-order chi connectivity index (χ1) is 31.1. The monoisotopic (exact) mass is 823 g/mol. The molecule has 0 fully saturated rings. The van der Waals surface area contributed by atoms with Gasteiger partial charge in [0.15, 0.2) is 17.5 Å². The molecule has 0 saturated carbocycles. The SMILES string of the molecule is C=C/C=C(\C=C(/C)c1nc(-c2ccc(-c3ccccc3)cc2)nc(-c2ccc(-c3ccccc3)cc2)n1)c1cccc2c1Sc1ccccc1C21c2ccccc2-c2ccccc21. The van der Waals surface area contributed by atoms with E-state index in [0.717, 1.165) is 50.1 Å². The van der Waals surface area contributed by atoms with Gasteiger partial charge in [0.25, 0.3) is 0 Å². The molecule has 0 N–H and O–H groups in total. The molecule has 0 bridgehead atoms. The number of hydrogen-bond acceptors (Lipinski definition) is 4. The number of hydrogen-bond donors (Lipinski definition) is 0. The zero-order valence-corrected chi connectivity index (χ0v) is 35.6. The van der Waals surface area contributed by atoms with Crippen LogP contribution in [0.5, 0.6) is 0 Å². The highest BCUT2D eigenvalue weighted by Crippen LogP contribution is 2.62. The summed E-state index contributed by atoms with van der Waals surface area (Å²) in [6.45, 7) is 6.29. The second-order valence-corrected chi connectivity index (χ2v) is 17.1. The normalized spacial score (nSPS) is 13.5. The zero-order chi connectivity index (χ0) is 42.3. The third-order valence-corrected chi connectivity index (χ3v) is 13.6. The van der Waals surface area contributed by atoms with E-state index in [1.807, 2.05) is 30.0 Å². The summed E-state index contributed by atoms with van der Waals surface area (Å²) >= 11 is 1.85. The summed E-state index contributed by atoms with van der Waals surface area (Å²) in [5.74, 6) is 1.85. The van der Waals surface area contributed by atoms with Crippen molar-refractivity contribution in [1.29, 1.82) is 0 Å². The van der Waals surface area contributed by atoms with Crippen molar-refractivity contribution in [2.24, 2.45) is 0 Å². The van der Waals surface area contributed by atoms with Gasteiger partial charge in [-0.15, -0.1) is 0 Å². The number of allylic oxidation sites excluding steroid dienone is 5. The molecule has 298 valence electrons. The minimum atomic E-state index is -0.470. The summed E-state index contributed by atoms with van der Waals surface area (Å²) in [4.78, 5) is 18.0. The molecular weight excluding hydrogens is 783 g/mol. The summed E-state index contributed by atoms with van der Waals surface area (Å²) < 4.78 is 0. The second kappa shape index (κ2) is 16.0. The maximum atomic E-state index is 5.18. The molecule has 2 heterocycles. The molecule has 0 saturated heterocycles. The molecule has 1 spiro atoms. The predicted molar refractivity (Wildman–Crippen MR) is 261 cm³/mol. The molecule has 9 aromatic rings. The second-order valence-electron chi connectivity index (χ2n) is 16.0. The lowest BCUT2D eigenvalue weighted by atomic mass is 9.67. The Morgan fingerprint density at radius 1 is 0.460 bits per heavy atom. The molecule has 0 amide bonds. The van der Waals surface area contributed by atoms with E-state index in [1.165, 1.54) is 43.2 Å². The van der Waals surface area contributed by atoms with E-state index in [0.29, 0.717) is 17.5 Å². The van der Waals surface area contributed by atoms with Crippen molar-refractivity contribution < 1.29 is 0 Å². The quantitative estimate of drug-likeness (QED) is 0.143. The Bertz CT molecular complexity index is 3110. The van der Waals surface area contributed by atoms with Crippen LogP contribution < -0.4 is 0 Å². The van der Waals surface area contributed by atoms with E-state index < -0.39 is 5.41 Å². The van der Waals surface area contributed by atoms with Gasteiger partial charge in [0, 0.05) is 20.9 Å². The fourth-order valence-electron chi connectivity index (χ4n) is 9.44. The Hall–Kier alpha value is -7.66. The van der Waals surface area contributed by atoms with E-state index >= 15 is 0 Å². The first-order valence-corrected chi connectivity index (χ1v) is 22.1. The Balaban J connectivity index is 1.05. The summed E-state index contributed by atoms with van der Waals surface area (Å²) in [5.41, 5.74) is 16.9. The van der Waals surface area contributed by atoms with Crippen molar-refractivity contribution in [2.75, 3.05) is 0 Å². The molecule has 1 aliphatic heterocycles. The van der Waals surface area contributed by atoms with Gasteiger partial charge in [-0.1, -0.05) is 225 Å². The topological polar surface area (TPSA) is 38.7 Å². The van der Waals surface area contributed by atoms with Crippen molar-refractivity contribution in [2.45, 2.75) is 22.1 Å². The molecule has 0 unspecified atom stereocenters. The van der Waals surface area contributed by atoms with Gasteiger partial charge < -0.3 is 0 Å². The summed E-state index contributed by atoms with van der Waals surface area (Å²) in [5, 5.41) is 0. The van der Waals surface area contributed by atoms with Crippen LogP contribution in [0, 0.1) is 0 Å². The van der Waals surface area contributed by atoms with E-state index in [2.05, 4.69) is 214 Å². The van der Waals surface area contributed by atoms with Crippen molar-refractivity contribution >= 4 is 22.9 Å². The van der Waals surface area contributed by atoms with Gasteiger partial charge in [0.2, 0.25) is 0 Å². The molecule has 0 atom stereocenters. The highest BCUT2D eigenvalue weighted by atomic mass is 32.2. The minimum Gasteiger partial charge on any atom is -0.209 e. The molecule has 1 aliphatic carbocycles. The average molecular weight is 824 g/mol. The number of fused-ring (bicyclic) bond motifs is 9. The van der Waals surface area contributed by atoms with Gasteiger partial charge in [-0.05, 0) is 91.4 Å². The molecular formula is C59H41N3S. The van der Waals surface area contributed by atoms with E-state index in [4.69, 9.17) is 15.0 Å². The lowest BCUT2D eigenvalue weighted by molar-refractivity contribution is 0.721. The van der Waals surface area contributed by atoms with Crippen LogP contribution in [-0.4, -0.2) is 15.0 Å². The molecule has 8 aromatic carbocycles. The Morgan fingerprint density at radius 2 is 0.921 bits per heavy atom. The minimum absolute atomic E-state index is 0.470. The van der Waals surface area contributed by atoms with Crippen LogP contribution in [0.15, 0.2) is 235 Å². The standard InChI is InChI=1S/C59H41N3S/c1-3-17-46(47-24-16-28-53-55(47)63-54-29-15-14-27-52(54)59(53)50-25-12-10-22-48(50)49-23-11-13-26-51(49)59)38-39(2)56-60-57(44-34-30-42(31-35-44)40-18-6-4-7-19-40)62-58(61-56)45-36-32-43(33-37-45)41-20-8-5-9-21-41/h3-38H,1H2,2H3/b39-38+,46-17+. The summed E-state index contributed by atoms with van der Waals surface area (Å²) in [7, 11) is 0. The Kier molecular flexibility index (Phi) is 9.71. The molecule has 4 heteroatoms. The van der Waals surface area contributed by atoms with E-state index in [9.17, 15) is 0 Å². The molecule has 63 heavy (non-hydrogen) atoms. The van der Waals surface area contributed by atoms with Crippen LogP contribution in [0.25, 0.3) is 67.3 Å². The lowest BCUT2D eigenvalue weighted by Crippen LogP contribution is -2.32. The maximum absolute atomic E-state index is 5.18. The first-order valence-electron chi connectivity index (χ1n) is 21.3. The number of rotatable bonds is 8. The van der Waals surface area contributed by atoms with Gasteiger partial charge in [-0.2, -0.15) is 0 Å². The summed E-state index contributed by atoms with van der Waals surface area (Å²) in [6.07, 6.45) is 6.20. The maximum Gasteiger partial charge on any atom is 0.164 e. The fourth-order valence-corrected chi connectivity index (χ4v) is 10.8. The van der Waals surface area contributed by atoms with Crippen LogP contribution in [0.3, 0.4) is 0 Å². The van der Waals surface area contributed by atoms with Crippen molar-refractivity contribution in [3.05, 3.63) is 259 Å². The number of aromatic nitrogens is 3. The summed E-state index contributed by atoms with van der Waals surface area (Å²) in [6, 6.07) is 71.4. The van der Waals surface area contributed by atoms with Crippen LogP contribution in [0.4, 0.5) is 0 Å². The van der Waals surface area contributed by atoms with Crippen LogP contribution >= 0.6 is 11.8 Å². The van der Waals surface area contributed by atoms with Crippen LogP contribution in [0.2, 0.25) is 0 Å². The largest absolute Gasteiger partial charge is 0.209 e. The molecule has 11 rings (SSSR count). The van der Waals surface area contributed by atoms with Gasteiger partial charge in [0.1, 0.15) is 0 Å². The Morgan fingerprint density at radius 3 is 1.48 bits per heavy atom. The lowest BCUT2D eigenvalue weighted by Gasteiger charge is -2.40. The number of benzene rings is 8. The molecule has 1 aromatic heterocycles. The van der Waals surface area contributed by atoms with E-state index in [-0.39, 0.29) is 0 Å². The smallest absolute Gasteiger partial charge is 0.164 e. The van der Waals surface area contributed by atoms with Gasteiger partial charge in [-0.3, -0.25) is 0 Å².